The number of hydrogen-bond donors (Lipinski definition) is 2. The Bertz CT molecular complexity index is 1310. The summed E-state index contributed by atoms with van der Waals surface area (Å²) in [6, 6.07) is 9.79. The number of nitrogens with one attached hydrogen (secondary N) is 1. The highest BCUT2D eigenvalue weighted by Crippen LogP contribution is 2.29. The van der Waals surface area contributed by atoms with Gasteiger partial charge in [-0.05, 0) is 48.2 Å². The number of aliphatic hydroxyl groups excluding tert-OH is 1. The van der Waals surface area contributed by atoms with Crippen LogP contribution in [-0.4, -0.2) is 79.5 Å². The maximum atomic E-state index is 12.0. The molecule has 0 spiro atoms. The monoisotopic (exact) mass is 578 g/mol. The first-order valence-electron chi connectivity index (χ1n) is 13.5. The highest BCUT2D eigenvalue weighted by Gasteiger charge is 2.29. The third-order valence-electron chi connectivity index (χ3n) is 7.77. The molecule has 2 atom stereocenters. The van der Waals surface area contributed by atoms with Crippen LogP contribution in [0, 0.1) is 6.92 Å². The molecule has 1 saturated heterocycles. The molecule has 3 aliphatic heterocycles. The number of halogens is 3. The minimum Gasteiger partial charge on any atom is -0.542 e. The summed E-state index contributed by atoms with van der Waals surface area (Å²) in [6.07, 6.45) is -4.05. The van der Waals surface area contributed by atoms with Gasteiger partial charge in [0.05, 0.1) is 36.9 Å². The van der Waals surface area contributed by atoms with E-state index in [0.29, 0.717) is 24.3 Å². The predicted molar refractivity (Wildman–Crippen MR) is 137 cm³/mol. The molecule has 0 unspecified atom stereocenters. The minimum absolute atomic E-state index is 0.0549. The molecule has 0 aromatic heterocycles. The van der Waals surface area contributed by atoms with E-state index in [1.54, 1.807) is 11.0 Å². The van der Waals surface area contributed by atoms with Gasteiger partial charge in [-0.25, -0.2) is 9.59 Å². The number of ether oxygens (including phenoxy) is 2. The van der Waals surface area contributed by atoms with E-state index in [4.69, 9.17) is 19.4 Å². The normalized spacial score (nSPS) is 19.8. The van der Waals surface area contributed by atoms with Crippen LogP contribution in [0.1, 0.15) is 61.6 Å². The number of carbonyl (C=O) groups excluding carboxylic acids is 3. The topological polar surface area (TPSA) is 121 Å². The van der Waals surface area contributed by atoms with Crippen molar-refractivity contribution in [2.45, 2.75) is 51.7 Å². The number of rotatable bonds is 6. The Hall–Kier alpha value is -3.48. The molecule has 0 aliphatic carbocycles. The number of alkyl halides is 3. The molecule has 2 N–H and O–H groups in total. The van der Waals surface area contributed by atoms with Gasteiger partial charge in [0.2, 0.25) is 0 Å². The number of aliphatic carboxylic acids is 1. The van der Waals surface area contributed by atoms with E-state index in [-0.39, 0.29) is 18.0 Å². The van der Waals surface area contributed by atoms with Crippen LogP contribution in [0.25, 0.3) is 0 Å². The van der Waals surface area contributed by atoms with Gasteiger partial charge in [-0.1, -0.05) is 18.2 Å². The number of nitrogens with zero attached hydrogens (tertiary/aromatic N) is 1. The smallest absolute Gasteiger partial charge is 0.430 e. The number of aliphatic hydroxyl groups is 1. The molecule has 3 aliphatic rings. The Kier molecular flexibility index (Phi) is 9.35. The van der Waals surface area contributed by atoms with Crippen LogP contribution in [0.5, 0.6) is 0 Å². The van der Waals surface area contributed by atoms with Crippen molar-refractivity contribution in [1.82, 2.24) is 4.90 Å². The molecule has 0 amide bonds. The van der Waals surface area contributed by atoms with Crippen LogP contribution in [-0.2, 0) is 33.7 Å². The largest absolute Gasteiger partial charge is 0.542 e. The fourth-order valence-electron chi connectivity index (χ4n) is 5.46. The van der Waals surface area contributed by atoms with E-state index < -0.39 is 18.2 Å². The first-order chi connectivity index (χ1) is 19.3. The number of carboxylic acid groups (broad SMARTS) is 1. The molecule has 2 aromatic carbocycles. The van der Waals surface area contributed by atoms with Gasteiger partial charge >= 0.3 is 18.1 Å². The summed E-state index contributed by atoms with van der Waals surface area (Å²) in [4.78, 5) is 36.5. The van der Waals surface area contributed by atoms with Crippen LogP contribution < -0.4 is 10.0 Å². The number of esters is 2. The van der Waals surface area contributed by atoms with Gasteiger partial charge in [-0.15, -0.1) is 0 Å². The average Bonchev–Trinajstić information content (AvgIpc) is 3.29. The van der Waals surface area contributed by atoms with Gasteiger partial charge in [-0.3, -0.25) is 4.90 Å². The molecule has 2 aromatic rings. The van der Waals surface area contributed by atoms with Gasteiger partial charge < -0.3 is 29.4 Å². The molecule has 0 saturated carbocycles. The Morgan fingerprint density at radius 2 is 1.80 bits per heavy atom. The predicted octanol–water partition coefficient (Wildman–Crippen LogP) is 0.542. The van der Waals surface area contributed by atoms with Gasteiger partial charge in [0.15, 0.2) is 0 Å². The van der Waals surface area contributed by atoms with E-state index in [0.717, 1.165) is 67.8 Å². The summed E-state index contributed by atoms with van der Waals surface area (Å²) in [6.45, 7) is 9.86. The molecular formula is C29H33F3N2O7. The van der Waals surface area contributed by atoms with Crippen LogP contribution in [0.15, 0.2) is 30.3 Å². The SMILES string of the molecule is Cc1c([C@@H](O)CN2CC[NH+](CCc3ccc4c(c3)C[C@@H](C)OC4=O)CC2)ccc2c1COC2=O.O=C([O-])C(F)(F)F. The number of quaternary nitrogens is 1. The number of cyclic esters (lactones) is 2. The van der Waals surface area contributed by atoms with E-state index >= 15 is 0 Å². The van der Waals surface area contributed by atoms with E-state index in [1.807, 2.05) is 26.0 Å². The molecule has 9 nitrogen and oxygen atoms in total. The molecule has 3 heterocycles. The second kappa shape index (κ2) is 12.6. The number of benzene rings is 2. The Balaban J connectivity index is 0.000000493. The Morgan fingerprint density at radius 1 is 1.15 bits per heavy atom. The lowest BCUT2D eigenvalue weighted by Gasteiger charge is -2.33. The number of piperazine rings is 1. The van der Waals surface area contributed by atoms with Crippen molar-refractivity contribution >= 4 is 17.9 Å². The summed E-state index contributed by atoms with van der Waals surface area (Å²) < 4.78 is 42.0. The standard InChI is InChI=1S/C27H32N2O5.C2HF3O2/c1-17-13-20-14-19(3-4-22(20)27(32)34-17)7-8-28-9-11-29(12-10-28)15-25(30)21-5-6-23-24(18(21)2)16-33-26(23)31;3-2(4,5)1(6)7/h3-6,14,17,25,30H,7-13,15-16H2,1-2H3;(H,6,7)/t17-,25+;/m1./s1. The second-order valence-corrected chi connectivity index (χ2v) is 10.6. The summed E-state index contributed by atoms with van der Waals surface area (Å²) in [5.74, 6) is -3.49. The van der Waals surface area contributed by atoms with Crippen molar-refractivity contribution in [1.29, 1.82) is 0 Å². The van der Waals surface area contributed by atoms with Crippen molar-refractivity contribution in [2.75, 3.05) is 39.3 Å². The highest BCUT2D eigenvalue weighted by molar-refractivity contribution is 5.94. The van der Waals surface area contributed by atoms with Crippen molar-refractivity contribution in [3.8, 4) is 0 Å². The molecule has 0 bridgehead atoms. The number of carbonyl (C=O) groups is 3. The third kappa shape index (κ3) is 7.43. The summed E-state index contributed by atoms with van der Waals surface area (Å²) in [7, 11) is 0. The second-order valence-electron chi connectivity index (χ2n) is 10.6. The first kappa shape index (κ1) is 30.5. The number of β-amino-alcohol motifs (C(OH)–C–C–N with tert-alkyl or cyclic N) is 1. The molecule has 222 valence electrons. The quantitative estimate of drug-likeness (QED) is 0.477. The van der Waals surface area contributed by atoms with Gasteiger partial charge in [0, 0.05) is 38.0 Å². The van der Waals surface area contributed by atoms with Gasteiger partial charge in [0.1, 0.15) is 18.7 Å². The van der Waals surface area contributed by atoms with Crippen molar-refractivity contribution in [2.24, 2.45) is 0 Å². The minimum atomic E-state index is -5.19. The van der Waals surface area contributed by atoms with Crippen LogP contribution >= 0.6 is 0 Å². The lowest BCUT2D eigenvalue weighted by molar-refractivity contribution is -0.904. The summed E-state index contributed by atoms with van der Waals surface area (Å²) >= 11 is 0. The van der Waals surface area contributed by atoms with Crippen LogP contribution in [0.2, 0.25) is 0 Å². The van der Waals surface area contributed by atoms with Crippen molar-refractivity contribution < 1.29 is 52.1 Å². The third-order valence-corrected chi connectivity index (χ3v) is 7.77. The van der Waals surface area contributed by atoms with Crippen molar-refractivity contribution in [3.05, 3.63) is 69.3 Å². The average molecular weight is 579 g/mol. The Labute approximate surface area is 235 Å². The van der Waals surface area contributed by atoms with Crippen LogP contribution in [0.3, 0.4) is 0 Å². The zero-order chi connectivity index (χ0) is 29.9. The molecule has 1 fully saturated rings. The van der Waals surface area contributed by atoms with Crippen LogP contribution in [0.4, 0.5) is 13.2 Å². The lowest BCUT2D eigenvalue weighted by Crippen LogP contribution is -3.15. The lowest BCUT2D eigenvalue weighted by atomic mass is 9.95. The van der Waals surface area contributed by atoms with Crippen molar-refractivity contribution in [3.63, 3.8) is 0 Å². The maximum Gasteiger partial charge on any atom is 0.430 e. The zero-order valence-corrected chi connectivity index (χ0v) is 22.9. The maximum absolute atomic E-state index is 12.0. The van der Waals surface area contributed by atoms with E-state index in [9.17, 15) is 27.9 Å². The fraction of sp³-hybridized carbons (Fsp3) is 0.483. The van der Waals surface area contributed by atoms with E-state index in [2.05, 4.69) is 17.0 Å². The molecule has 41 heavy (non-hydrogen) atoms. The summed E-state index contributed by atoms with van der Waals surface area (Å²) in [5.41, 5.74) is 6.47. The van der Waals surface area contributed by atoms with E-state index in [1.165, 1.54) is 5.56 Å². The number of carboxylic acids is 1. The zero-order valence-electron chi connectivity index (χ0n) is 22.9. The highest BCUT2D eigenvalue weighted by atomic mass is 19.4. The molecule has 12 heteroatoms. The summed E-state index contributed by atoms with van der Waals surface area (Å²) in [5, 5.41) is 19.7. The van der Waals surface area contributed by atoms with Gasteiger partial charge in [0.25, 0.3) is 0 Å². The molecule has 5 rings (SSSR count). The fourth-order valence-corrected chi connectivity index (χ4v) is 5.46. The number of fused-ring (bicyclic) bond motifs is 2. The molecular weight excluding hydrogens is 545 g/mol. The Morgan fingerprint density at radius 3 is 2.46 bits per heavy atom. The van der Waals surface area contributed by atoms with Gasteiger partial charge in [-0.2, -0.15) is 13.2 Å². The number of hydrogen-bond acceptors (Lipinski definition) is 8. The molecule has 0 radical (unpaired) electrons. The first-order valence-corrected chi connectivity index (χ1v) is 13.5.